The second-order valence-electron chi connectivity index (χ2n) is 3.45. The van der Waals surface area contributed by atoms with Crippen molar-refractivity contribution in [3.05, 3.63) is 29.6 Å². The average molecular weight is 197 g/mol. The van der Waals surface area contributed by atoms with E-state index in [1.165, 1.54) is 6.07 Å². The summed E-state index contributed by atoms with van der Waals surface area (Å²) in [4.78, 5) is 0. The van der Waals surface area contributed by atoms with E-state index in [0.717, 1.165) is 0 Å². The summed E-state index contributed by atoms with van der Waals surface area (Å²) in [5, 5.41) is 10.1. The van der Waals surface area contributed by atoms with Gasteiger partial charge in [0, 0.05) is 18.5 Å². The summed E-state index contributed by atoms with van der Waals surface area (Å²) in [6.45, 7) is 0.369. The molecule has 0 saturated carbocycles. The molecule has 3 N–H and O–H groups in total. The fourth-order valence-electron chi connectivity index (χ4n) is 1.69. The van der Waals surface area contributed by atoms with Gasteiger partial charge in [-0.15, -0.1) is 0 Å². The number of halogens is 1. The Bertz CT molecular complexity index is 356. The lowest BCUT2D eigenvalue weighted by atomic mass is 9.88. The second-order valence-corrected chi connectivity index (χ2v) is 3.45. The van der Waals surface area contributed by atoms with Crippen molar-refractivity contribution in [3.8, 4) is 5.75 Å². The molecule has 0 fully saturated rings. The number of hydrogen-bond acceptors (Lipinski definition) is 3. The van der Waals surface area contributed by atoms with Gasteiger partial charge >= 0.3 is 0 Å². The molecule has 1 atom stereocenters. The zero-order valence-corrected chi connectivity index (χ0v) is 7.66. The highest BCUT2D eigenvalue weighted by molar-refractivity contribution is 5.41. The third-order valence-corrected chi connectivity index (χ3v) is 2.57. The summed E-state index contributed by atoms with van der Waals surface area (Å²) >= 11 is 0. The molecule has 4 heteroatoms. The number of benzene rings is 1. The molecule has 0 radical (unpaired) electrons. The van der Waals surface area contributed by atoms with Crippen LogP contribution in [0.15, 0.2) is 18.2 Å². The van der Waals surface area contributed by atoms with Gasteiger partial charge in [0.1, 0.15) is 5.60 Å². The molecule has 0 aliphatic carbocycles. The smallest absolute Gasteiger partial charge is 0.165 e. The number of fused-ring (bicyclic) bond motifs is 1. The van der Waals surface area contributed by atoms with Crippen LogP contribution in [0.25, 0.3) is 0 Å². The average Bonchev–Trinajstić information content (AvgIpc) is 2.20. The number of nitrogens with two attached hydrogens (primary N) is 1. The second kappa shape index (κ2) is 3.22. The fraction of sp³-hybridized carbons (Fsp3) is 0.400. The standard InChI is InChI=1S/C10H12FNO2/c11-8-3-1-2-7-9(8)14-5-4-10(7,13)6-12/h1-3,13H,4-6,12H2. The maximum atomic E-state index is 13.3. The maximum Gasteiger partial charge on any atom is 0.165 e. The van der Waals surface area contributed by atoms with E-state index < -0.39 is 11.4 Å². The van der Waals surface area contributed by atoms with Crippen LogP contribution in [0.1, 0.15) is 12.0 Å². The van der Waals surface area contributed by atoms with E-state index in [0.29, 0.717) is 18.6 Å². The van der Waals surface area contributed by atoms with Crippen LogP contribution in [0.5, 0.6) is 5.75 Å². The maximum absolute atomic E-state index is 13.3. The van der Waals surface area contributed by atoms with Crippen LogP contribution in [-0.2, 0) is 5.60 Å². The van der Waals surface area contributed by atoms with E-state index >= 15 is 0 Å². The normalized spacial score (nSPS) is 25.4. The molecule has 76 valence electrons. The van der Waals surface area contributed by atoms with E-state index in [4.69, 9.17) is 10.5 Å². The highest BCUT2D eigenvalue weighted by Crippen LogP contribution is 2.37. The van der Waals surface area contributed by atoms with Crippen LogP contribution in [0.4, 0.5) is 4.39 Å². The van der Waals surface area contributed by atoms with Gasteiger partial charge in [0.15, 0.2) is 11.6 Å². The van der Waals surface area contributed by atoms with Gasteiger partial charge in [-0.2, -0.15) is 0 Å². The topological polar surface area (TPSA) is 55.5 Å². The van der Waals surface area contributed by atoms with Crippen molar-refractivity contribution in [1.82, 2.24) is 0 Å². The summed E-state index contributed by atoms with van der Waals surface area (Å²) in [6, 6.07) is 4.50. The predicted molar refractivity (Wildman–Crippen MR) is 49.5 cm³/mol. The number of ether oxygens (including phenoxy) is 1. The van der Waals surface area contributed by atoms with Gasteiger partial charge in [0.2, 0.25) is 0 Å². The molecule has 3 nitrogen and oxygen atoms in total. The molecule has 1 aliphatic rings. The molecule has 1 aromatic carbocycles. The minimum Gasteiger partial charge on any atom is -0.490 e. The third-order valence-electron chi connectivity index (χ3n) is 2.57. The Morgan fingerprint density at radius 1 is 1.57 bits per heavy atom. The highest BCUT2D eigenvalue weighted by atomic mass is 19.1. The molecule has 0 saturated heterocycles. The van der Waals surface area contributed by atoms with Gasteiger partial charge in [-0.05, 0) is 6.07 Å². The molecule has 14 heavy (non-hydrogen) atoms. The Hall–Kier alpha value is -1.13. The van der Waals surface area contributed by atoms with E-state index in [2.05, 4.69) is 0 Å². The van der Waals surface area contributed by atoms with Crippen LogP contribution in [-0.4, -0.2) is 18.3 Å². The van der Waals surface area contributed by atoms with Crippen LogP contribution in [0, 0.1) is 5.82 Å². The first-order valence-corrected chi connectivity index (χ1v) is 4.51. The Morgan fingerprint density at radius 3 is 3.07 bits per heavy atom. The van der Waals surface area contributed by atoms with Crippen LogP contribution in [0.2, 0.25) is 0 Å². The van der Waals surface area contributed by atoms with Crippen molar-refractivity contribution >= 4 is 0 Å². The fourth-order valence-corrected chi connectivity index (χ4v) is 1.69. The molecule has 0 bridgehead atoms. The largest absolute Gasteiger partial charge is 0.490 e. The number of rotatable bonds is 1. The zero-order valence-electron chi connectivity index (χ0n) is 7.66. The van der Waals surface area contributed by atoms with Gasteiger partial charge in [0.05, 0.1) is 6.61 Å². The van der Waals surface area contributed by atoms with Gasteiger partial charge in [-0.1, -0.05) is 12.1 Å². The van der Waals surface area contributed by atoms with Gasteiger partial charge in [0.25, 0.3) is 0 Å². The van der Waals surface area contributed by atoms with Crippen molar-refractivity contribution in [2.75, 3.05) is 13.2 Å². The molecule has 0 spiro atoms. The molecular formula is C10H12FNO2. The van der Waals surface area contributed by atoms with Crippen molar-refractivity contribution < 1.29 is 14.2 Å². The van der Waals surface area contributed by atoms with Crippen LogP contribution in [0.3, 0.4) is 0 Å². The summed E-state index contributed by atoms with van der Waals surface area (Å²) in [7, 11) is 0. The number of hydrogen-bond donors (Lipinski definition) is 2. The van der Waals surface area contributed by atoms with E-state index in [1.54, 1.807) is 12.1 Å². The Morgan fingerprint density at radius 2 is 2.36 bits per heavy atom. The summed E-state index contributed by atoms with van der Waals surface area (Å²) in [5.74, 6) is -0.319. The quantitative estimate of drug-likeness (QED) is 0.698. The van der Waals surface area contributed by atoms with Crippen LogP contribution < -0.4 is 10.5 Å². The lowest BCUT2D eigenvalue weighted by molar-refractivity contribution is 0.00379. The predicted octanol–water partition coefficient (Wildman–Crippen LogP) is 0.755. The molecule has 0 aromatic heterocycles. The molecule has 1 unspecified atom stereocenters. The number of aliphatic hydroxyl groups is 1. The Kier molecular flexibility index (Phi) is 2.17. The first kappa shape index (κ1) is 9.43. The van der Waals surface area contributed by atoms with Crippen molar-refractivity contribution in [3.63, 3.8) is 0 Å². The minimum atomic E-state index is -1.14. The highest BCUT2D eigenvalue weighted by Gasteiger charge is 2.35. The molecule has 1 heterocycles. The Labute approximate surface area is 81.3 Å². The van der Waals surface area contributed by atoms with Crippen molar-refractivity contribution in [2.24, 2.45) is 5.73 Å². The van der Waals surface area contributed by atoms with Crippen molar-refractivity contribution in [1.29, 1.82) is 0 Å². The first-order chi connectivity index (χ1) is 6.67. The third kappa shape index (κ3) is 1.27. The molecule has 1 aromatic rings. The van der Waals surface area contributed by atoms with Crippen molar-refractivity contribution in [2.45, 2.75) is 12.0 Å². The van der Waals surface area contributed by atoms with Gasteiger partial charge in [-0.25, -0.2) is 4.39 Å². The number of para-hydroxylation sites is 1. The zero-order chi connectivity index (χ0) is 10.2. The first-order valence-electron chi connectivity index (χ1n) is 4.51. The summed E-state index contributed by atoms with van der Waals surface area (Å²) < 4.78 is 18.4. The van der Waals surface area contributed by atoms with E-state index in [1.807, 2.05) is 0 Å². The summed E-state index contributed by atoms with van der Waals surface area (Å²) in [5.41, 5.74) is 4.78. The SMILES string of the molecule is NCC1(O)CCOc2c(F)cccc21. The lowest BCUT2D eigenvalue weighted by Gasteiger charge is -2.33. The summed E-state index contributed by atoms with van der Waals surface area (Å²) in [6.07, 6.45) is 0.403. The Balaban J connectivity index is 2.55. The molecule has 1 aliphatic heterocycles. The molecule has 2 rings (SSSR count). The van der Waals surface area contributed by atoms with E-state index in [9.17, 15) is 9.50 Å². The van der Waals surface area contributed by atoms with Crippen LogP contribution >= 0.6 is 0 Å². The molecule has 0 amide bonds. The van der Waals surface area contributed by atoms with Gasteiger partial charge in [-0.3, -0.25) is 0 Å². The van der Waals surface area contributed by atoms with Gasteiger partial charge < -0.3 is 15.6 Å². The lowest BCUT2D eigenvalue weighted by Crippen LogP contribution is -2.39. The monoisotopic (exact) mass is 197 g/mol. The molecular weight excluding hydrogens is 185 g/mol. The minimum absolute atomic E-state index is 0.0762. The van der Waals surface area contributed by atoms with E-state index in [-0.39, 0.29) is 12.3 Å².